The van der Waals surface area contributed by atoms with E-state index in [0.717, 1.165) is 44.7 Å². The van der Waals surface area contributed by atoms with Gasteiger partial charge in [0.15, 0.2) is 0 Å². The number of hydrogen-bond acceptors (Lipinski definition) is 4. The Morgan fingerprint density at radius 1 is 1.42 bits per heavy atom. The van der Waals surface area contributed by atoms with Gasteiger partial charge in [0.25, 0.3) is 0 Å². The van der Waals surface area contributed by atoms with E-state index in [-0.39, 0.29) is 0 Å². The van der Waals surface area contributed by atoms with E-state index in [1.165, 1.54) is 16.8 Å². The lowest BCUT2D eigenvalue weighted by Crippen LogP contribution is -2.31. The molecular weight excluding hydrogens is 254 g/mol. The fourth-order valence-corrected chi connectivity index (χ4v) is 3.20. The molecule has 3 nitrogen and oxygen atoms in total. The summed E-state index contributed by atoms with van der Waals surface area (Å²) in [5, 5.41) is 4.38. The van der Waals surface area contributed by atoms with E-state index in [2.05, 4.69) is 33.6 Å². The predicted molar refractivity (Wildman–Crippen MR) is 78.2 cm³/mol. The zero-order valence-electron chi connectivity index (χ0n) is 11.3. The molecule has 2 aromatic rings. The van der Waals surface area contributed by atoms with Gasteiger partial charge in [-0.3, -0.25) is 4.90 Å². The van der Waals surface area contributed by atoms with E-state index < -0.39 is 0 Å². The van der Waals surface area contributed by atoms with Gasteiger partial charge < -0.3 is 0 Å². The third-order valence-corrected chi connectivity index (χ3v) is 4.25. The molecule has 100 valence electrons. The summed E-state index contributed by atoms with van der Waals surface area (Å²) in [7, 11) is 0. The average Bonchev–Trinajstić information content (AvgIpc) is 2.92. The van der Waals surface area contributed by atoms with Crippen LogP contribution in [0.4, 0.5) is 0 Å². The summed E-state index contributed by atoms with van der Waals surface area (Å²) in [6.07, 6.45) is 5.20. The van der Waals surface area contributed by atoms with E-state index in [0.29, 0.717) is 0 Å². The maximum absolute atomic E-state index is 4.70. The van der Waals surface area contributed by atoms with Crippen LogP contribution in [0.1, 0.15) is 36.0 Å². The zero-order chi connectivity index (χ0) is 13.1. The van der Waals surface area contributed by atoms with Crippen molar-refractivity contribution < 1.29 is 0 Å². The normalized spacial score (nSPS) is 15.4. The fraction of sp³-hybridized carbons (Fsp3) is 0.467. The Morgan fingerprint density at radius 3 is 3.16 bits per heavy atom. The van der Waals surface area contributed by atoms with Gasteiger partial charge in [0, 0.05) is 49.9 Å². The van der Waals surface area contributed by atoms with Crippen molar-refractivity contribution >= 4 is 11.3 Å². The minimum Gasteiger partial charge on any atom is -0.294 e. The Hall–Kier alpha value is -1.26. The van der Waals surface area contributed by atoms with Crippen molar-refractivity contribution in [2.45, 2.75) is 39.3 Å². The molecule has 0 unspecified atom stereocenters. The van der Waals surface area contributed by atoms with Crippen LogP contribution in [-0.2, 0) is 25.9 Å². The first-order chi connectivity index (χ1) is 9.35. The Morgan fingerprint density at radius 2 is 2.37 bits per heavy atom. The highest BCUT2D eigenvalue weighted by Crippen LogP contribution is 2.19. The van der Waals surface area contributed by atoms with Crippen LogP contribution in [0.25, 0.3) is 0 Å². The molecule has 0 atom stereocenters. The molecule has 1 aliphatic rings. The Kier molecular flexibility index (Phi) is 3.89. The third-order valence-electron chi connectivity index (χ3n) is 3.52. The molecule has 0 aromatic carbocycles. The number of rotatable bonds is 4. The van der Waals surface area contributed by atoms with E-state index in [9.17, 15) is 0 Å². The Balaban J connectivity index is 1.70. The van der Waals surface area contributed by atoms with Crippen LogP contribution < -0.4 is 0 Å². The zero-order valence-corrected chi connectivity index (χ0v) is 12.1. The molecule has 0 amide bonds. The summed E-state index contributed by atoms with van der Waals surface area (Å²) >= 11 is 1.77. The van der Waals surface area contributed by atoms with E-state index in [1.807, 2.05) is 6.20 Å². The van der Waals surface area contributed by atoms with Crippen molar-refractivity contribution in [1.82, 2.24) is 14.9 Å². The largest absolute Gasteiger partial charge is 0.294 e. The average molecular weight is 273 g/mol. The maximum Gasteiger partial charge on any atom is 0.128 e. The van der Waals surface area contributed by atoms with Gasteiger partial charge >= 0.3 is 0 Å². The lowest BCUT2D eigenvalue weighted by atomic mass is 10.1. The van der Waals surface area contributed by atoms with Gasteiger partial charge in [-0.1, -0.05) is 6.92 Å². The molecule has 0 radical (unpaired) electrons. The second-order valence-electron chi connectivity index (χ2n) is 5.10. The second-order valence-corrected chi connectivity index (χ2v) is 5.88. The number of thiophene rings is 1. The number of fused-ring (bicyclic) bond motifs is 1. The fourth-order valence-electron chi connectivity index (χ4n) is 2.54. The Bertz CT molecular complexity index is 536. The highest BCUT2D eigenvalue weighted by Gasteiger charge is 2.18. The molecule has 0 fully saturated rings. The molecule has 0 saturated carbocycles. The summed E-state index contributed by atoms with van der Waals surface area (Å²) in [4.78, 5) is 11.7. The minimum atomic E-state index is 0.984. The lowest BCUT2D eigenvalue weighted by molar-refractivity contribution is 0.243. The van der Waals surface area contributed by atoms with E-state index >= 15 is 0 Å². The van der Waals surface area contributed by atoms with Gasteiger partial charge in [-0.15, -0.1) is 0 Å². The Labute approximate surface area is 118 Å². The van der Waals surface area contributed by atoms with Crippen LogP contribution in [-0.4, -0.2) is 21.4 Å². The van der Waals surface area contributed by atoms with Crippen LogP contribution in [0.15, 0.2) is 23.0 Å². The molecule has 0 bridgehead atoms. The summed E-state index contributed by atoms with van der Waals surface area (Å²) < 4.78 is 0. The van der Waals surface area contributed by atoms with Gasteiger partial charge in [0.1, 0.15) is 5.82 Å². The molecule has 3 heterocycles. The SMILES string of the molecule is CCCc1ncc2c(n1)CCN(Cc1ccsc1)C2. The van der Waals surface area contributed by atoms with Crippen molar-refractivity contribution in [3.63, 3.8) is 0 Å². The number of hydrogen-bond donors (Lipinski definition) is 0. The molecule has 0 saturated heterocycles. The highest BCUT2D eigenvalue weighted by molar-refractivity contribution is 7.07. The molecule has 4 heteroatoms. The van der Waals surface area contributed by atoms with Gasteiger partial charge in [-0.25, -0.2) is 9.97 Å². The van der Waals surface area contributed by atoms with Crippen LogP contribution in [0.2, 0.25) is 0 Å². The van der Waals surface area contributed by atoms with Crippen molar-refractivity contribution in [2.75, 3.05) is 6.54 Å². The van der Waals surface area contributed by atoms with Crippen LogP contribution >= 0.6 is 11.3 Å². The molecule has 19 heavy (non-hydrogen) atoms. The van der Waals surface area contributed by atoms with Gasteiger partial charge in [-0.05, 0) is 28.8 Å². The minimum absolute atomic E-state index is 0.984. The van der Waals surface area contributed by atoms with Crippen LogP contribution in [0.5, 0.6) is 0 Å². The van der Waals surface area contributed by atoms with Gasteiger partial charge in [0.05, 0.1) is 0 Å². The topological polar surface area (TPSA) is 29.0 Å². The first-order valence-electron chi connectivity index (χ1n) is 6.92. The molecule has 1 aliphatic heterocycles. The van der Waals surface area contributed by atoms with E-state index in [4.69, 9.17) is 4.98 Å². The number of aromatic nitrogens is 2. The van der Waals surface area contributed by atoms with Gasteiger partial charge in [0.2, 0.25) is 0 Å². The van der Waals surface area contributed by atoms with Gasteiger partial charge in [-0.2, -0.15) is 11.3 Å². The summed E-state index contributed by atoms with van der Waals surface area (Å²) in [6, 6.07) is 2.21. The third kappa shape index (κ3) is 3.01. The van der Waals surface area contributed by atoms with Crippen molar-refractivity contribution in [3.8, 4) is 0 Å². The predicted octanol–water partition coefficient (Wildman–Crippen LogP) is 3.05. The molecule has 0 aliphatic carbocycles. The van der Waals surface area contributed by atoms with Crippen molar-refractivity contribution in [3.05, 3.63) is 45.7 Å². The number of nitrogens with zero attached hydrogens (tertiary/aromatic N) is 3. The van der Waals surface area contributed by atoms with Crippen LogP contribution in [0, 0.1) is 0 Å². The molecule has 3 rings (SSSR count). The summed E-state index contributed by atoms with van der Waals surface area (Å²) in [6.45, 7) is 5.30. The standard InChI is InChI=1S/C15H19N3S/c1-2-3-15-16-8-13-10-18(6-4-14(13)17-15)9-12-5-7-19-11-12/h5,7-8,11H,2-4,6,9-10H2,1H3. The molecule has 2 aromatic heterocycles. The summed E-state index contributed by atoms with van der Waals surface area (Å²) in [5.74, 6) is 1.01. The van der Waals surface area contributed by atoms with E-state index in [1.54, 1.807) is 11.3 Å². The monoisotopic (exact) mass is 273 g/mol. The lowest BCUT2D eigenvalue weighted by Gasteiger charge is -2.27. The van der Waals surface area contributed by atoms with Crippen molar-refractivity contribution in [2.24, 2.45) is 0 Å². The van der Waals surface area contributed by atoms with Crippen molar-refractivity contribution in [1.29, 1.82) is 0 Å². The maximum atomic E-state index is 4.70. The van der Waals surface area contributed by atoms with Crippen LogP contribution in [0.3, 0.4) is 0 Å². The summed E-state index contributed by atoms with van der Waals surface area (Å²) in [5.41, 5.74) is 3.98. The molecule has 0 spiro atoms. The molecule has 0 N–H and O–H groups in total. The first-order valence-corrected chi connectivity index (χ1v) is 7.86. The highest BCUT2D eigenvalue weighted by atomic mass is 32.1. The first kappa shape index (κ1) is 12.8. The number of aryl methyl sites for hydroxylation is 1. The quantitative estimate of drug-likeness (QED) is 0.857. The smallest absolute Gasteiger partial charge is 0.128 e. The molecular formula is C15H19N3S. The second kappa shape index (κ2) is 5.80.